The molecular weight excluding hydrogens is 360 g/mol. The number of H-pyrrole nitrogens is 2. The van der Waals surface area contributed by atoms with E-state index in [-0.39, 0.29) is 5.78 Å². The minimum absolute atomic E-state index is 0.00686. The number of hydrogen-bond acceptors (Lipinski definition) is 3. The van der Waals surface area contributed by atoms with E-state index in [2.05, 4.69) is 19.9 Å². The van der Waals surface area contributed by atoms with Crippen molar-refractivity contribution in [1.82, 2.24) is 19.9 Å². The Kier molecular flexibility index (Phi) is 4.06. The Morgan fingerprint density at radius 3 is 1.90 bits per heavy atom. The fourth-order valence-electron chi connectivity index (χ4n) is 3.39. The zero-order chi connectivity index (χ0) is 19.8. The minimum atomic E-state index is 0.00686. The molecule has 5 nitrogen and oxygen atoms in total. The van der Waals surface area contributed by atoms with Crippen molar-refractivity contribution < 1.29 is 4.79 Å². The first-order valence-corrected chi connectivity index (χ1v) is 9.38. The van der Waals surface area contributed by atoms with E-state index in [1.165, 1.54) is 0 Å². The monoisotopic (exact) mass is 378 g/mol. The van der Waals surface area contributed by atoms with Crippen LogP contribution in [-0.2, 0) is 4.79 Å². The second-order valence-electron chi connectivity index (χ2n) is 7.07. The first kappa shape index (κ1) is 17.1. The molecular formula is C24H18N4O. The fraction of sp³-hybridized carbons (Fsp3) is 0.0417. The number of rotatable bonds is 2. The molecule has 0 aliphatic carbocycles. The Morgan fingerprint density at radius 2 is 1.31 bits per heavy atom. The molecule has 3 aromatic heterocycles. The summed E-state index contributed by atoms with van der Waals surface area (Å²) in [5, 5.41) is 0. The SMILES string of the molecule is CC(=O)C=Cc1cc2cc3nc(cc4ccc(cc5nc(cc1[nH]2)C=C5)[nH]4)C=C3. The van der Waals surface area contributed by atoms with Crippen LogP contribution in [0.15, 0.2) is 48.5 Å². The summed E-state index contributed by atoms with van der Waals surface area (Å²) in [5.41, 5.74) is 8.19. The smallest absolute Gasteiger partial charge is 0.152 e. The molecule has 0 saturated carbocycles. The second kappa shape index (κ2) is 6.87. The Hall–Kier alpha value is -3.99. The molecule has 0 amide bonds. The third kappa shape index (κ3) is 3.71. The topological polar surface area (TPSA) is 74.4 Å². The molecule has 2 aliphatic rings. The van der Waals surface area contributed by atoms with Gasteiger partial charge >= 0.3 is 0 Å². The normalized spacial score (nSPS) is 12.7. The van der Waals surface area contributed by atoms with Gasteiger partial charge in [0.05, 0.1) is 22.8 Å². The highest BCUT2D eigenvalue weighted by Gasteiger charge is 2.04. The van der Waals surface area contributed by atoms with E-state index in [0.717, 1.165) is 50.4 Å². The molecule has 0 radical (unpaired) electrons. The van der Waals surface area contributed by atoms with Crippen LogP contribution in [0.25, 0.3) is 52.4 Å². The largest absolute Gasteiger partial charge is 0.355 e. The van der Waals surface area contributed by atoms with Gasteiger partial charge in [0, 0.05) is 27.6 Å². The maximum atomic E-state index is 11.4. The number of allylic oxidation sites excluding steroid dienone is 1. The van der Waals surface area contributed by atoms with Crippen molar-refractivity contribution in [1.29, 1.82) is 0 Å². The van der Waals surface area contributed by atoms with Crippen molar-refractivity contribution in [2.75, 3.05) is 0 Å². The lowest BCUT2D eigenvalue weighted by molar-refractivity contribution is -0.112. The number of nitrogens with one attached hydrogen (secondary N) is 2. The Labute approximate surface area is 167 Å². The highest BCUT2D eigenvalue weighted by atomic mass is 16.1. The summed E-state index contributed by atoms with van der Waals surface area (Å²) in [6, 6.07) is 14.1. The van der Waals surface area contributed by atoms with Crippen LogP contribution in [0.5, 0.6) is 0 Å². The van der Waals surface area contributed by atoms with Gasteiger partial charge in [0.25, 0.3) is 0 Å². The van der Waals surface area contributed by atoms with E-state index in [4.69, 9.17) is 0 Å². The zero-order valence-electron chi connectivity index (χ0n) is 15.8. The van der Waals surface area contributed by atoms with Crippen LogP contribution >= 0.6 is 0 Å². The van der Waals surface area contributed by atoms with Crippen molar-refractivity contribution in [2.24, 2.45) is 0 Å². The zero-order valence-corrected chi connectivity index (χ0v) is 15.8. The molecule has 0 unspecified atom stereocenters. The number of carbonyl (C=O) groups is 1. The third-order valence-electron chi connectivity index (χ3n) is 4.70. The van der Waals surface area contributed by atoms with Gasteiger partial charge in [-0.3, -0.25) is 4.79 Å². The van der Waals surface area contributed by atoms with Gasteiger partial charge in [-0.2, -0.15) is 0 Å². The number of hydrogen-bond donors (Lipinski definition) is 2. The molecule has 29 heavy (non-hydrogen) atoms. The molecule has 0 aromatic carbocycles. The summed E-state index contributed by atoms with van der Waals surface area (Å²) in [6.45, 7) is 1.54. The molecule has 2 aliphatic heterocycles. The second-order valence-corrected chi connectivity index (χ2v) is 7.07. The molecule has 8 bridgehead atoms. The summed E-state index contributed by atoms with van der Waals surface area (Å²) in [5.74, 6) is 0.00686. The molecule has 0 fully saturated rings. The number of aromatic amines is 2. The number of fused-ring (bicyclic) bond motifs is 8. The predicted molar refractivity (Wildman–Crippen MR) is 119 cm³/mol. The van der Waals surface area contributed by atoms with E-state index >= 15 is 0 Å². The molecule has 0 saturated heterocycles. The first-order chi connectivity index (χ1) is 14.1. The van der Waals surface area contributed by atoms with Gasteiger partial charge < -0.3 is 9.97 Å². The highest BCUT2D eigenvalue weighted by Crippen LogP contribution is 2.20. The fourth-order valence-corrected chi connectivity index (χ4v) is 3.39. The maximum absolute atomic E-state index is 11.4. The lowest BCUT2D eigenvalue weighted by atomic mass is 10.2. The van der Waals surface area contributed by atoms with Crippen molar-refractivity contribution in [2.45, 2.75) is 6.92 Å². The predicted octanol–water partition coefficient (Wildman–Crippen LogP) is 5.26. The Morgan fingerprint density at radius 1 is 0.759 bits per heavy atom. The van der Waals surface area contributed by atoms with Gasteiger partial charge in [0.15, 0.2) is 5.78 Å². The van der Waals surface area contributed by atoms with Crippen LogP contribution in [0, 0.1) is 0 Å². The summed E-state index contributed by atoms with van der Waals surface area (Å²) >= 11 is 0. The van der Waals surface area contributed by atoms with E-state index < -0.39 is 0 Å². The molecule has 5 heterocycles. The number of nitrogens with zero attached hydrogens (tertiary/aromatic N) is 2. The molecule has 5 heteroatoms. The van der Waals surface area contributed by atoms with Crippen LogP contribution in [0.4, 0.5) is 0 Å². The molecule has 140 valence electrons. The van der Waals surface area contributed by atoms with E-state index in [1.54, 1.807) is 13.0 Å². The summed E-state index contributed by atoms with van der Waals surface area (Å²) in [4.78, 5) is 27.5. The lowest BCUT2D eigenvalue weighted by Gasteiger charge is -1.88. The van der Waals surface area contributed by atoms with Crippen LogP contribution in [0.1, 0.15) is 35.3 Å². The van der Waals surface area contributed by atoms with Crippen molar-refractivity contribution in [3.63, 3.8) is 0 Å². The summed E-state index contributed by atoms with van der Waals surface area (Å²) < 4.78 is 0. The van der Waals surface area contributed by atoms with Gasteiger partial charge in [-0.25, -0.2) is 9.97 Å². The first-order valence-electron chi connectivity index (χ1n) is 9.38. The standard InChI is InChI=1S/C24H18N4O/c1-15(29)2-3-16-10-23-13-21-7-6-19(26-21)11-17-4-5-18(25-17)12-20-8-9-22(27-20)14-24(16)28-23/h2-14,25,28H,1H3. The van der Waals surface area contributed by atoms with Gasteiger partial charge in [-0.1, -0.05) is 0 Å². The van der Waals surface area contributed by atoms with E-state index in [1.807, 2.05) is 72.8 Å². The van der Waals surface area contributed by atoms with Crippen molar-refractivity contribution in [3.05, 3.63) is 76.9 Å². The average molecular weight is 378 g/mol. The van der Waals surface area contributed by atoms with Crippen molar-refractivity contribution >= 4 is 58.2 Å². The lowest BCUT2D eigenvalue weighted by Crippen LogP contribution is -1.79. The van der Waals surface area contributed by atoms with Gasteiger partial charge in [0.1, 0.15) is 0 Å². The molecule has 2 N–H and O–H groups in total. The minimum Gasteiger partial charge on any atom is -0.355 e. The quantitative estimate of drug-likeness (QED) is 0.412. The highest BCUT2D eigenvalue weighted by molar-refractivity contribution is 5.93. The summed E-state index contributed by atoms with van der Waals surface area (Å²) in [6.07, 6.45) is 11.3. The van der Waals surface area contributed by atoms with Crippen LogP contribution < -0.4 is 0 Å². The Balaban J connectivity index is 1.81. The van der Waals surface area contributed by atoms with E-state index in [9.17, 15) is 4.79 Å². The Bertz CT molecular complexity index is 1380. The molecule has 3 aromatic rings. The summed E-state index contributed by atoms with van der Waals surface area (Å²) in [7, 11) is 0. The number of carbonyl (C=O) groups excluding carboxylic acids is 1. The maximum Gasteiger partial charge on any atom is 0.152 e. The molecule has 0 spiro atoms. The van der Waals surface area contributed by atoms with E-state index in [0.29, 0.717) is 0 Å². The third-order valence-corrected chi connectivity index (χ3v) is 4.70. The van der Waals surface area contributed by atoms with Crippen LogP contribution in [-0.4, -0.2) is 25.7 Å². The molecule has 5 rings (SSSR count). The van der Waals surface area contributed by atoms with Gasteiger partial charge in [-0.15, -0.1) is 0 Å². The number of aromatic nitrogens is 4. The van der Waals surface area contributed by atoms with Crippen molar-refractivity contribution in [3.8, 4) is 0 Å². The van der Waals surface area contributed by atoms with Crippen LogP contribution in [0.3, 0.4) is 0 Å². The number of ketones is 1. The van der Waals surface area contributed by atoms with Gasteiger partial charge in [-0.05, 0) is 85.8 Å². The average Bonchev–Trinajstić information content (AvgIpc) is 3.45. The molecule has 0 atom stereocenters. The van der Waals surface area contributed by atoms with Gasteiger partial charge in [0.2, 0.25) is 0 Å². The van der Waals surface area contributed by atoms with Crippen LogP contribution in [0.2, 0.25) is 0 Å².